The van der Waals surface area contributed by atoms with E-state index >= 15 is 0 Å². The van der Waals surface area contributed by atoms with Crippen LogP contribution in [0.15, 0.2) is 36.9 Å². The Hall–Kier alpha value is -2.69. The van der Waals surface area contributed by atoms with Gasteiger partial charge in [0.1, 0.15) is 6.04 Å². The molecule has 128 valence electrons. The number of ketones is 1. The number of amides is 2. The first kappa shape index (κ1) is 15.8. The number of benzene rings is 1. The summed E-state index contributed by atoms with van der Waals surface area (Å²) in [6, 6.07) is 5.16. The van der Waals surface area contributed by atoms with Gasteiger partial charge in [-0.2, -0.15) is 0 Å². The number of anilines is 1. The average molecular weight is 336 g/mol. The normalized spacial score (nSPS) is 29.5. The van der Waals surface area contributed by atoms with Gasteiger partial charge in [0.25, 0.3) is 0 Å². The molecule has 0 aromatic heterocycles. The molecule has 4 atom stereocenters. The molecule has 0 saturated carbocycles. The molecule has 3 aliphatic rings. The molecule has 1 aromatic carbocycles. The largest absolute Gasteiger partial charge is 0.353 e. The second-order valence-electron chi connectivity index (χ2n) is 7.00. The molecule has 0 radical (unpaired) electrons. The van der Waals surface area contributed by atoms with E-state index in [0.29, 0.717) is 0 Å². The van der Waals surface area contributed by atoms with E-state index in [1.165, 1.54) is 11.8 Å². The molecule has 25 heavy (non-hydrogen) atoms. The van der Waals surface area contributed by atoms with Crippen molar-refractivity contribution in [1.82, 2.24) is 4.90 Å². The zero-order valence-corrected chi connectivity index (χ0v) is 14.3. The molecule has 5 nitrogen and oxygen atoms in total. The summed E-state index contributed by atoms with van der Waals surface area (Å²) in [4.78, 5) is 41.4. The van der Waals surface area contributed by atoms with Gasteiger partial charge in [-0.15, -0.1) is 6.58 Å². The second-order valence-corrected chi connectivity index (χ2v) is 7.00. The minimum Gasteiger partial charge on any atom is -0.353 e. The van der Waals surface area contributed by atoms with E-state index in [1.54, 1.807) is 6.08 Å². The molecular weight excluding hydrogens is 316 g/mol. The maximum Gasteiger partial charge on any atom is 0.236 e. The number of fused-ring (bicyclic) bond motifs is 5. The zero-order valence-electron chi connectivity index (χ0n) is 14.3. The lowest BCUT2D eigenvalue weighted by molar-refractivity contribution is -0.140. The highest BCUT2D eigenvalue weighted by Crippen LogP contribution is 2.48. The van der Waals surface area contributed by atoms with Gasteiger partial charge >= 0.3 is 0 Å². The molecule has 2 fully saturated rings. The van der Waals surface area contributed by atoms with Crippen LogP contribution < -0.4 is 4.90 Å². The molecule has 5 heteroatoms. The van der Waals surface area contributed by atoms with Crippen LogP contribution in [0.2, 0.25) is 0 Å². The summed E-state index contributed by atoms with van der Waals surface area (Å²) in [5.41, 5.74) is 3.07. The summed E-state index contributed by atoms with van der Waals surface area (Å²) >= 11 is 0. The number of imide groups is 1. The van der Waals surface area contributed by atoms with Gasteiger partial charge in [-0.1, -0.05) is 29.9 Å². The molecule has 1 aromatic rings. The summed E-state index contributed by atoms with van der Waals surface area (Å²) in [6.07, 6.45) is 5.51. The lowest BCUT2D eigenvalue weighted by Crippen LogP contribution is -2.48. The smallest absolute Gasteiger partial charge is 0.236 e. The second kappa shape index (κ2) is 5.41. The highest BCUT2D eigenvalue weighted by atomic mass is 16.2. The third-order valence-corrected chi connectivity index (χ3v) is 5.48. The van der Waals surface area contributed by atoms with Gasteiger partial charge in [-0.3, -0.25) is 19.3 Å². The summed E-state index contributed by atoms with van der Waals surface area (Å²) < 4.78 is 0. The van der Waals surface area contributed by atoms with Crippen LogP contribution in [-0.2, 0) is 14.4 Å². The molecule has 0 spiro atoms. The Morgan fingerprint density at radius 2 is 1.96 bits per heavy atom. The van der Waals surface area contributed by atoms with Crippen molar-refractivity contribution >= 4 is 29.4 Å². The highest BCUT2D eigenvalue weighted by Gasteiger charge is 2.63. The van der Waals surface area contributed by atoms with Crippen molar-refractivity contribution in [3.05, 3.63) is 48.1 Å². The maximum atomic E-state index is 12.9. The molecule has 2 amide bonds. The summed E-state index contributed by atoms with van der Waals surface area (Å²) in [7, 11) is 0. The Labute approximate surface area is 146 Å². The lowest BCUT2D eigenvalue weighted by Gasteiger charge is -2.36. The number of Topliss-reactive ketones (excluding diaryl/α,β-unsaturated/α-hetero) is 1. The van der Waals surface area contributed by atoms with E-state index in [9.17, 15) is 14.4 Å². The van der Waals surface area contributed by atoms with Gasteiger partial charge in [0.2, 0.25) is 11.8 Å². The van der Waals surface area contributed by atoms with Crippen molar-refractivity contribution in [3.8, 4) is 0 Å². The van der Waals surface area contributed by atoms with Gasteiger partial charge in [0.05, 0.1) is 17.9 Å². The van der Waals surface area contributed by atoms with Crippen molar-refractivity contribution in [2.45, 2.75) is 25.9 Å². The Morgan fingerprint density at radius 3 is 2.64 bits per heavy atom. The van der Waals surface area contributed by atoms with Crippen LogP contribution in [-0.4, -0.2) is 41.1 Å². The molecule has 3 aliphatic heterocycles. The fourth-order valence-electron chi connectivity index (χ4n) is 4.52. The molecule has 0 N–H and O–H groups in total. The predicted molar refractivity (Wildman–Crippen MR) is 94.8 cm³/mol. The number of carbonyl (C=O) groups excluding carboxylic acids is 3. The van der Waals surface area contributed by atoms with Gasteiger partial charge in [-0.25, -0.2) is 0 Å². The van der Waals surface area contributed by atoms with Gasteiger partial charge in [0, 0.05) is 12.2 Å². The number of likely N-dealkylation sites (tertiary alicyclic amines) is 1. The van der Waals surface area contributed by atoms with E-state index in [1.807, 2.05) is 36.1 Å². The number of nitrogens with zero attached hydrogens (tertiary/aromatic N) is 2. The Bertz CT molecular complexity index is 841. The Morgan fingerprint density at radius 1 is 1.24 bits per heavy atom. The van der Waals surface area contributed by atoms with Crippen LogP contribution in [0.1, 0.15) is 18.1 Å². The minimum absolute atomic E-state index is 0.0825. The fourth-order valence-corrected chi connectivity index (χ4v) is 4.52. The molecule has 4 rings (SSSR count). The van der Waals surface area contributed by atoms with Crippen molar-refractivity contribution in [2.24, 2.45) is 11.8 Å². The van der Waals surface area contributed by atoms with Crippen LogP contribution in [0.25, 0.3) is 6.08 Å². The summed E-state index contributed by atoms with van der Waals surface area (Å²) in [6.45, 7) is 7.34. The number of hydrogen-bond acceptors (Lipinski definition) is 4. The van der Waals surface area contributed by atoms with Crippen molar-refractivity contribution in [3.63, 3.8) is 0 Å². The van der Waals surface area contributed by atoms with Gasteiger partial charge in [0.15, 0.2) is 5.78 Å². The number of carbonyl (C=O) groups is 3. The lowest BCUT2D eigenvalue weighted by atomic mass is 9.88. The van der Waals surface area contributed by atoms with Crippen LogP contribution >= 0.6 is 0 Å². The number of hydrogen-bond donors (Lipinski definition) is 0. The van der Waals surface area contributed by atoms with Crippen molar-refractivity contribution in [2.75, 3.05) is 11.4 Å². The number of aryl methyl sites for hydroxylation is 1. The molecular formula is C20H20N2O3. The summed E-state index contributed by atoms with van der Waals surface area (Å²) in [5.74, 6) is -1.67. The standard InChI is InChI=1S/C20H20N2O3/c1-4-9-21-19(24)16-15-8-6-13-10-11(2)5-7-14(13)22(15)18(12(3)23)17(16)20(21)25/h4-8,10,15-18H,1,9H2,2-3H3/t15-,16-,17+,18-/m1/s1. The van der Waals surface area contributed by atoms with Crippen LogP contribution in [0.3, 0.4) is 0 Å². The zero-order chi connectivity index (χ0) is 17.9. The van der Waals surface area contributed by atoms with E-state index in [2.05, 4.69) is 12.6 Å². The molecule has 3 heterocycles. The Kier molecular flexibility index (Phi) is 3.42. The van der Waals surface area contributed by atoms with Crippen molar-refractivity contribution < 1.29 is 14.4 Å². The predicted octanol–water partition coefficient (Wildman–Crippen LogP) is 1.96. The maximum absolute atomic E-state index is 12.9. The molecule has 0 aliphatic carbocycles. The average Bonchev–Trinajstić information content (AvgIpc) is 3.04. The SMILES string of the molecule is C=CCN1C(=O)[C@H]2[C@H](C1=O)[C@@H](C(C)=O)N1c3ccc(C)cc3C=C[C@H]21. The minimum atomic E-state index is -0.619. The first-order valence-corrected chi connectivity index (χ1v) is 8.49. The van der Waals surface area contributed by atoms with Crippen LogP contribution in [0, 0.1) is 18.8 Å². The third kappa shape index (κ3) is 2.05. The van der Waals surface area contributed by atoms with E-state index in [-0.39, 0.29) is 30.2 Å². The quantitative estimate of drug-likeness (QED) is 0.625. The van der Waals surface area contributed by atoms with E-state index < -0.39 is 17.9 Å². The topological polar surface area (TPSA) is 57.7 Å². The Balaban J connectivity index is 1.85. The summed E-state index contributed by atoms with van der Waals surface area (Å²) in [5, 5.41) is 0. The fraction of sp³-hybridized carbons (Fsp3) is 0.350. The monoisotopic (exact) mass is 336 g/mol. The van der Waals surface area contributed by atoms with Gasteiger partial charge in [-0.05, 0) is 31.5 Å². The van der Waals surface area contributed by atoms with Crippen molar-refractivity contribution in [1.29, 1.82) is 0 Å². The number of rotatable bonds is 3. The van der Waals surface area contributed by atoms with E-state index in [0.717, 1.165) is 16.8 Å². The van der Waals surface area contributed by atoms with Crippen LogP contribution in [0.5, 0.6) is 0 Å². The van der Waals surface area contributed by atoms with Gasteiger partial charge < -0.3 is 4.90 Å². The van der Waals surface area contributed by atoms with E-state index in [4.69, 9.17) is 0 Å². The highest BCUT2D eigenvalue weighted by molar-refractivity contribution is 6.11. The van der Waals surface area contributed by atoms with Crippen LogP contribution in [0.4, 0.5) is 5.69 Å². The first-order valence-electron chi connectivity index (χ1n) is 8.49. The molecule has 0 bridgehead atoms. The molecule has 2 saturated heterocycles. The molecule has 0 unspecified atom stereocenters. The first-order chi connectivity index (χ1) is 12.0. The third-order valence-electron chi connectivity index (χ3n) is 5.48.